The minimum absolute atomic E-state index is 0.301. The van der Waals surface area contributed by atoms with Crippen LogP contribution in [0.25, 0.3) is 0 Å². The van der Waals surface area contributed by atoms with Gasteiger partial charge in [0.15, 0.2) is 0 Å². The molecule has 0 bridgehead atoms. The van der Waals surface area contributed by atoms with Gasteiger partial charge in [0.2, 0.25) is 0 Å². The highest BCUT2D eigenvalue weighted by molar-refractivity contribution is 5.39. The van der Waals surface area contributed by atoms with Crippen LogP contribution in [-0.2, 0) is 4.74 Å². The summed E-state index contributed by atoms with van der Waals surface area (Å²) in [5.41, 5.74) is 2.19. The van der Waals surface area contributed by atoms with E-state index in [1.54, 1.807) is 0 Å². The number of aliphatic hydroxyl groups is 1. The number of para-hydroxylation sites is 1. The molecule has 0 aliphatic carbocycles. The number of rotatable bonds is 11. The first-order valence-corrected chi connectivity index (χ1v) is 7.80. The van der Waals surface area contributed by atoms with Crippen LogP contribution in [0, 0.1) is 13.8 Å². The van der Waals surface area contributed by atoms with E-state index in [-0.39, 0.29) is 0 Å². The lowest BCUT2D eigenvalue weighted by Crippen LogP contribution is -2.33. The molecule has 1 unspecified atom stereocenters. The summed E-state index contributed by atoms with van der Waals surface area (Å²) < 4.78 is 11.2. The number of ether oxygens (including phenoxy) is 2. The minimum Gasteiger partial charge on any atom is -0.490 e. The lowest BCUT2D eigenvalue weighted by Gasteiger charge is -2.16. The Hall–Kier alpha value is -1.10. The zero-order valence-corrected chi connectivity index (χ0v) is 13.5. The number of unbranched alkanes of at least 4 members (excludes halogenated alkanes) is 1. The highest BCUT2D eigenvalue weighted by Crippen LogP contribution is 2.22. The summed E-state index contributed by atoms with van der Waals surface area (Å²) >= 11 is 0. The van der Waals surface area contributed by atoms with Gasteiger partial charge in [0.1, 0.15) is 18.5 Å². The third-order valence-electron chi connectivity index (χ3n) is 3.27. The fourth-order valence-corrected chi connectivity index (χ4v) is 2.03. The summed E-state index contributed by atoms with van der Waals surface area (Å²) in [6, 6.07) is 6.04. The zero-order chi connectivity index (χ0) is 15.5. The standard InChI is InChI=1S/C17H29NO3/c1-4-5-10-20-11-9-18-12-16(19)13-21-17-14(2)7-6-8-15(17)3/h6-8,16,18-19H,4-5,9-13H2,1-3H3. The van der Waals surface area contributed by atoms with Gasteiger partial charge >= 0.3 is 0 Å². The van der Waals surface area contributed by atoms with Gasteiger partial charge in [0, 0.05) is 19.7 Å². The summed E-state index contributed by atoms with van der Waals surface area (Å²) in [7, 11) is 0. The van der Waals surface area contributed by atoms with Crippen molar-refractivity contribution in [3.63, 3.8) is 0 Å². The van der Waals surface area contributed by atoms with Gasteiger partial charge in [0.25, 0.3) is 0 Å². The number of aliphatic hydroxyl groups excluding tert-OH is 1. The Bertz CT molecular complexity index is 375. The van der Waals surface area contributed by atoms with Crippen LogP contribution in [-0.4, -0.2) is 44.1 Å². The second kappa shape index (κ2) is 10.6. The van der Waals surface area contributed by atoms with Crippen molar-refractivity contribution in [2.24, 2.45) is 0 Å². The molecule has 0 amide bonds. The fourth-order valence-electron chi connectivity index (χ4n) is 2.03. The largest absolute Gasteiger partial charge is 0.490 e. The number of benzene rings is 1. The molecular formula is C17H29NO3. The molecule has 0 aromatic heterocycles. The molecule has 0 spiro atoms. The second-order valence-electron chi connectivity index (χ2n) is 5.36. The van der Waals surface area contributed by atoms with Gasteiger partial charge in [-0.2, -0.15) is 0 Å². The molecule has 0 heterocycles. The molecule has 0 fully saturated rings. The minimum atomic E-state index is -0.514. The van der Waals surface area contributed by atoms with Crippen LogP contribution < -0.4 is 10.1 Å². The first-order valence-electron chi connectivity index (χ1n) is 7.80. The molecule has 4 nitrogen and oxygen atoms in total. The molecule has 2 N–H and O–H groups in total. The SMILES string of the molecule is CCCCOCCNCC(O)COc1c(C)cccc1C. The average molecular weight is 295 g/mol. The normalized spacial score (nSPS) is 12.4. The Balaban J connectivity index is 2.12. The average Bonchev–Trinajstić information content (AvgIpc) is 2.46. The lowest BCUT2D eigenvalue weighted by atomic mass is 10.1. The van der Waals surface area contributed by atoms with Gasteiger partial charge in [-0.1, -0.05) is 31.5 Å². The van der Waals surface area contributed by atoms with E-state index in [1.807, 2.05) is 32.0 Å². The molecule has 1 atom stereocenters. The van der Waals surface area contributed by atoms with Crippen molar-refractivity contribution in [1.82, 2.24) is 5.32 Å². The van der Waals surface area contributed by atoms with Crippen LogP contribution in [0.4, 0.5) is 0 Å². The van der Waals surface area contributed by atoms with Crippen LogP contribution in [0.5, 0.6) is 5.75 Å². The Morgan fingerprint density at radius 1 is 1.19 bits per heavy atom. The molecule has 4 heteroatoms. The summed E-state index contributed by atoms with van der Waals surface area (Å²) in [5, 5.41) is 13.1. The number of aryl methyl sites for hydroxylation is 2. The molecule has 0 saturated carbocycles. The van der Waals surface area contributed by atoms with Gasteiger partial charge in [-0.25, -0.2) is 0 Å². The van der Waals surface area contributed by atoms with Crippen molar-refractivity contribution in [1.29, 1.82) is 0 Å². The Kier molecular flexibility index (Phi) is 9.06. The Morgan fingerprint density at radius 2 is 1.90 bits per heavy atom. The lowest BCUT2D eigenvalue weighted by molar-refractivity contribution is 0.0976. The molecule has 0 radical (unpaired) electrons. The fraction of sp³-hybridized carbons (Fsp3) is 0.647. The zero-order valence-electron chi connectivity index (χ0n) is 13.5. The maximum absolute atomic E-state index is 9.90. The predicted octanol–water partition coefficient (Wildman–Crippen LogP) is 2.45. The highest BCUT2D eigenvalue weighted by Gasteiger charge is 2.08. The van der Waals surface area contributed by atoms with E-state index in [9.17, 15) is 5.11 Å². The molecule has 0 aliphatic heterocycles. The van der Waals surface area contributed by atoms with E-state index in [2.05, 4.69) is 12.2 Å². The van der Waals surface area contributed by atoms with Crippen molar-refractivity contribution in [3.05, 3.63) is 29.3 Å². The van der Waals surface area contributed by atoms with Crippen molar-refractivity contribution in [2.75, 3.05) is 32.9 Å². The van der Waals surface area contributed by atoms with Crippen molar-refractivity contribution >= 4 is 0 Å². The maximum Gasteiger partial charge on any atom is 0.125 e. The van der Waals surface area contributed by atoms with Crippen LogP contribution in [0.1, 0.15) is 30.9 Å². The van der Waals surface area contributed by atoms with E-state index in [0.717, 1.165) is 42.9 Å². The maximum atomic E-state index is 9.90. The monoisotopic (exact) mass is 295 g/mol. The van der Waals surface area contributed by atoms with Crippen LogP contribution in [0.2, 0.25) is 0 Å². The Morgan fingerprint density at radius 3 is 2.57 bits per heavy atom. The molecule has 0 saturated heterocycles. The topological polar surface area (TPSA) is 50.7 Å². The quantitative estimate of drug-likeness (QED) is 0.616. The van der Waals surface area contributed by atoms with Crippen LogP contribution in [0.15, 0.2) is 18.2 Å². The van der Waals surface area contributed by atoms with E-state index < -0.39 is 6.10 Å². The van der Waals surface area contributed by atoms with Gasteiger partial charge in [-0.3, -0.25) is 0 Å². The van der Waals surface area contributed by atoms with Gasteiger partial charge in [0.05, 0.1) is 6.61 Å². The third-order valence-corrected chi connectivity index (χ3v) is 3.27. The van der Waals surface area contributed by atoms with Crippen molar-refractivity contribution in [2.45, 2.75) is 39.7 Å². The molecular weight excluding hydrogens is 266 g/mol. The van der Waals surface area contributed by atoms with E-state index >= 15 is 0 Å². The highest BCUT2D eigenvalue weighted by atomic mass is 16.5. The summed E-state index contributed by atoms with van der Waals surface area (Å²) in [6.45, 7) is 9.25. The first kappa shape index (κ1) is 18.0. The van der Waals surface area contributed by atoms with Gasteiger partial charge in [-0.15, -0.1) is 0 Å². The summed E-state index contributed by atoms with van der Waals surface area (Å²) in [4.78, 5) is 0. The van der Waals surface area contributed by atoms with Gasteiger partial charge < -0.3 is 19.9 Å². The molecule has 21 heavy (non-hydrogen) atoms. The van der Waals surface area contributed by atoms with Crippen LogP contribution in [0.3, 0.4) is 0 Å². The molecule has 1 rings (SSSR count). The molecule has 1 aromatic rings. The first-order chi connectivity index (χ1) is 10.1. The predicted molar refractivity (Wildman–Crippen MR) is 86.0 cm³/mol. The Labute approximate surface area is 128 Å². The van der Waals surface area contributed by atoms with Crippen LogP contribution >= 0.6 is 0 Å². The molecule has 0 aliphatic rings. The summed E-state index contributed by atoms with van der Waals surface area (Å²) in [6.07, 6.45) is 1.74. The number of hydrogen-bond acceptors (Lipinski definition) is 4. The third kappa shape index (κ3) is 7.46. The van der Waals surface area contributed by atoms with Crippen molar-refractivity contribution in [3.8, 4) is 5.75 Å². The summed E-state index contributed by atoms with van der Waals surface area (Å²) in [5.74, 6) is 0.874. The molecule has 1 aromatic carbocycles. The smallest absolute Gasteiger partial charge is 0.125 e. The second-order valence-corrected chi connectivity index (χ2v) is 5.36. The van der Waals surface area contributed by atoms with E-state index in [4.69, 9.17) is 9.47 Å². The number of hydrogen-bond donors (Lipinski definition) is 2. The number of nitrogens with one attached hydrogen (secondary N) is 1. The van der Waals surface area contributed by atoms with Crippen molar-refractivity contribution < 1.29 is 14.6 Å². The molecule has 120 valence electrons. The van der Waals surface area contributed by atoms with E-state index in [0.29, 0.717) is 19.8 Å². The van der Waals surface area contributed by atoms with Gasteiger partial charge in [-0.05, 0) is 31.4 Å². The van der Waals surface area contributed by atoms with E-state index in [1.165, 1.54) is 0 Å².